The van der Waals surface area contributed by atoms with Crippen LogP contribution in [0.25, 0.3) is 6.08 Å². The van der Waals surface area contributed by atoms with E-state index in [1.54, 1.807) is 24.3 Å². The number of aliphatic carboxylic acids is 1. The first-order valence-corrected chi connectivity index (χ1v) is 7.90. The average molecular weight is 367 g/mol. The lowest BCUT2D eigenvalue weighted by atomic mass is 10.1. The second-order valence-electron chi connectivity index (χ2n) is 4.70. The predicted octanol–water partition coefficient (Wildman–Crippen LogP) is 1.12. The van der Waals surface area contributed by atoms with Crippen LogP contribution < -0.4 is 0 Å². The summed E-state index contributed by atoms with van der Waals surface area (Å²) in [4.78, 5) is 36.0. The Balaban J connectivity index is 2.25. The minimum atomic E-state index is -1.41. The second kappa shape index (κ2) is 7.56. The minimum absolute atomic E-state index is 0.0684. The molecule has 1 aliphatic heterocycles. The number of nitrogens with zero attached hydrogens (tertiary/aromatic N) is 1. The molecule has 9 heteroatoms. The van der Waals surface area contributed by atoms with E-state index in [4.69, 9.17) is 22.4 Å². The van der Waals surface area contributed by atoms with E-state index < -0.39 is 30.5 Å². The lowest BCUT2D eigenvalue weighted by Gasteiger charge is -2.20. The molecule has 7 nitrogen and oxygen atoms in total. The number of methoxy groups -OCH3 is 1. The first-order chi connectivity index (χ1) is 11.4. The number of benzene rings is 1. The molecule has 2 N–H and O–H groups in total. The van der Waals surface area contributed by atoms with Crippen LogP contribution in [-0.4, -0.2) is 57.0 Å². The van der Waals surface area contributed by atoms with Crippen LogP contribution >= 0.6 is 24.0 Å². The maximum Gasteiger partial charge on any atom is 0.337 e. The highest BCUT2D eigenvalue weighted by molar-refractivity contribution is 8.26. The molecule has 1 aliphatic rings. The van der Waals surface area contributed by atoms with Crippen LogP contribution in [0.3, 0.4) is 0 Å². The summed E-state index contributed by atoms with van der Waals surface area (Å²) in [6.07, 6.45) is 1.54. The van der Waals surface area contributed by atoms with E-state index in [1.807, 2.05) is 0 Å². The standard InChI is InChI=1S/C15H13NO6S2/c1-22-14(21)9-4-2-8(3-5-9)6-11-12(18)16(15(23)24-11)10(7-17)13(19)20/h2-6,10,17H,7H2,1H3,(H,19,20). The van der Waals surface area contributed by atoms with Gasteiger partial charge in [-0.05, 0) is 23.8 Å². The number of carboxylic acid groups (broad SMARTS) is 1. The van der Waals surface area contributed by atoms with Crippen molar-refractivity contribution in [1.82, 2.24) is 4.90 Å². The Morgan fingerprint density at radius 2 is 2.00 bits per heavy atom. The summed E-state index contributed by atoms with van der Waals surface area (Å²) in [5, 5.41) is 18.2. The lowest BCUT2D eigenvalue weighted by Crippen LogP contribution is -2.46. The topological polar surface area (TPSA) is 104 Å². The van der Waals surface area contributed by atoms with Crippen molar-refractivity contribution < 1.29 is 29.3 Å². The predicted molar refractivity (Wildman–Crippen MR) is 91.3 cm³/mol. The highest BCUT2D eigenvalue weighted by atomic mass is 32.2. The van der Waals surface area contributed by atoms with Gasteiger partial charge in [0.2, 0.25) is 0 Å². The first kappa shape index (κ1) is 18.1. The molecular weight excluding hydrogens is 354 g/mol. The molecule has 24 heavy (non-hydrogen) atoms. The molecule has 0 spiro atoms. The van der Waals surface area contributed by atoms with Gasteiger partial charge in [0.05, 0.1) is 24.2 Å². The smallest absolute Gasteiger partial charge is 0.337 e. The quantitative estimate of drug-likeness (QED) is 0.453. The molecule has 0 aliphatic carbocycles. The third-order valence-corrected chi connectivity index (χ3v) is 4.55. The van der Waals surface area contributed by atoms with Crippen molar-refractivity contribution in [1.29, 1.82) is 0 Å². The third kappa shape index (κ3) is 3.64. The number of amides is 1. The number of aliphatic hydroxyl groups is 1. The van der Waals surface area contributed by atoms with E-state index in [0.717, 1.165) is 16.7 Å². The molecule has 2 rings (SSSR count). The van der Waals surface area contributed by atoms with Crippen LogP contribution in [0.5, 0.6) is 0 Å². The number of carboxylic acids is 1. The lowest BCUT2D eigenvalue weighted by molar-refractivity contribution is -0.146. The summed E-state index contributed by atoms with van der Waals surface area (Å²) >= 11 is 5.99. The van der Waals surface area contributed by atoms with Crippen LogP contribution in [0.15, 0.2) is 29.2 Å². The largest absolute Gasteiger partial charge is 0.480 e. The van der Waals surface area contributed by atoms with E-state index in [1.165, 1.54) is 13.2 Å². The monoisotopic (exact) mass is 367 g/mol. The SMILES string of the molecule is COC(=O)c1ccc(C=C2SC(=S)N(C(CO)C(=O)O)C2=O)cc1. The zero-order valence-corrected chi connectivity index (χ0v) is 14.1. The fourth-order valence-electron chi connectivity index (χ4n) is 2.00. The molecule has 1 aromatic carbocycles. The van der Waals surface area contributed by atoms with Crippen LogP contribution in [0.4, 0.5) is 0 Å². The van der Waals surface area contributed by atoms with Crippen molar-refractivity contribution in [3.8, 4) is 0 Å². The van der Waals surface area contributed by atoms with Crippen molar-refractivity contribution in [2.45, 2.75) is 6.04 Å². The van der Waals surface area contributed by atoms with Crippen LogP contribution in [0, 0.1) is 0 Å². The van der Waals surface area contributed by atoms with E-state index in [0.29, 0.717) is 11.1 Å². The van der Waals surface area contributed by atoms with Gasteiger partial charge in [-0.3, -0.25) is 9.69 Å². The Hall–Kier alpha value is -2.23. The molecule has 1 unspecified atom stereocenters. The molecule has 1 heterocycles. The number of ether oxygens (including phenoxy) is 1. The fraction of sp³-hybridized carbons (Fsp3) is 0.200. The first-order valence-electron chi connectivity index (χ1n) is 6.68. The number of thiocarbonyl (C=S) groups is 1. The zero-order chi connectivity index (χ0) is 17.9. The number of carbonyl (C=O) groups excluding carboxylic acids is 2. The maximum absolute atomic E-state index is 12.3. The van der Waals surface area contributed by atoms with Gasteiger partial charge in [0.15, 0.2) is 6.04 Å². The normalized spacial score (nSPS) is 17.2. The maximum atomic E-state index is 12.3. The van der Waals surface area contributed by atoms with E-state index in [9.17, 15) is 14.4 Å². The molecule has 1 fully saturated rings. The summed E-state index contributed by atoms with van der Waals surface area (Å²) in [6, 6.07) is 4.93. The number of carbonyl (C=O) groups is 3. The number of rotatable bonds is 5. The van der Waals surface area contributed by atoms with Crippen molar-refractivity contribution >= 4 is 52.2 Å². The number of hydrogen-bond acceptors (Lipinski definition) is 7. The summed E-state index contributed by atoms with van der Waals surface area (Å²) in [7, 11) is 1.28. The van der Waals surface area contributed by atoms with Gasteiger partial charge in [-0.1, -0.05) is 36.1 Å². The van der Waals surface area contributed by atoms with E-state index in [-0.39, 0.29) is 9.23 Å². The van der Waals surface area contributed by atoms with Crippen molar-refractivity contribution in [3.05, 3.63) is 40.3 Å². The Bertz CT molecular complexity index is 728. The third-order valence-electron chi connectivity index (χ3n) is 3.22. The molecule has 0 bridgehead atoms. The molecule has 0 radical (unpaired) electrons. The Labute approximate surface area is 146 Å². The summed E-state index contributed by atoms with van der Waals surface area (Å²) in [6.45, 7) is -0.733. The Kier molecular flexibility index (Phi) is 5.71. The highest BCUT2D eigenvalue weighted by Gasteiger charge is 2.40. The molecule has 1 saturated heterocycles. The van der Waals surface area contributed by atoms with Crippen molar-refractivity contribution in [2.75, 3.05) is 13.7 Å². The van der Waals surface area contributed by atoms with Gasteiger partial charge in [-0.2, -0.15) is 0 Å². The Morgan fingerprint density at radius 1 is 1.38 bits per heavy atom. The summed E-state index contributed by atoms with van der Waals surface area (Å²) < 4.78 is 4.67. The Morgan fingerprint density at radius 3 is 2.50 bits per heavy atom. The molecule has 1 atom stereocenters. The minimum Gasteiger partial charge on any atom is -0.480 e. The zero-order valence-electron chi connectivity index (χ0n) is 12.5. The van der Waals surface area contributed by atoms with Crippen molar-refractivity contribution in [3.63, 3.8) is 0 Å². The van der Waals surface area contributed by atoms with Gasteiger partial charge in [0.25, 0.3) is 5.91 Å². The van der Waals surface area contributed by atoms with Crippen LogP contribution in [0.1, 0.15) is 15.9 Å². The molecule has 0 aromatic heterocycles. The molecule has 0 saturated carbocycles. The summed E-state index contributed by atoms with van der Waals surface area (Å²) in [5.74, 6) is -2.39. The van der Waals surface area contributed by atoms with Gasteiger partial charge in [0, 0.05) is 0 Å². The van der Waals surface area contributed by atoms with Gasteiger partial charge in [0.1, 0.15) is 4.32 Å². The number of hydrogen-bond donors (Lipinski definition) is 2. The number of esters is 1. The van der Waals surface area contributed by atoms with Crippen LogP contribution in [-0.2, 0) is 14.3 Å². The van der Waals surface area contributed by atoms with Gasteiger partial charge >= 0.3 is 11.9 Å². The summed E-state index contributed by atoms with van der Waals surface area (Å²) in [5.41, 5.74) is 1.01. The number of aliphatic hydroxyl groups excluding tert-OH is 1. The number of thioether (sulfide) groups is 1. The second-order valence-corrected chi connectivity index (χ2v) is 6.38. The average Bonchev–Trinajstić information content (AvgIpc) is 2.83. The molecular formula is C15H13NO6S2. The van der Waals surface area contributed by atoms with Crippen LogP contribution in [0.2, 0.25) is 0 Å². The molecule has 1 aromatic rings. The fourth-order valence-corrected chi connectivity index (χ4v) is 3.36. The molecule has 1 amide bonds. The van der Waals surface area contributed by atoms with Gasteiger partial charge in [-0.25, -0.2) is 9.59 Å². The van der Waals surface area contributed by atoms with Gasteiger partial charge in [-0.15, -0.1) is 0 Å². The van der Waals surface area contributed by atoms with E-state index in [2.05, 4.69) is 4.74 Å². The van der Waals surface area contributed by atoms with Gasteiger partial charge < -0.3 is 14.9 Å². The molecule has 126 valence electrons. The van der Waals surface area contributed by atoms with Crippen molar-refractivity contribution in [2.24, 2.45) is 0 Å². The highest BCUT2D eigenvalue weighted by Crippen LogP contribution is 2.34. The van der Waals surface area contributed by atoms with E-state index >= 15 is 0 Å².